The number of amides is 2. The van der Waals surface area contributed by atoms with Crippen LogP contribution in [-0.4, -0.2) is 37.9 Å². The second-order valence-electron chi connectivity index (χ2n) is 3.81. The predicted molar refractivity (Wildman–Crippen MR) is 69.1 cm³/mol. The van der Waals surface area contributed by atoms with E-state index in [2.05, 4.69) is 0 Å². The Morgan fingerprint density at radius 3 is 2.41 bits per heavy atom. The van der Waals surface area contributed by atoms with Crippen molar-refractivity contribution < 1.29 is 9.53 Å². The summed E-state index contributed by atoms with van der Waals surface area (Å²) in [5.74, 6) is 0. The van der Waals surface area contributed by atoms with E-state index in [4.69, 9.17) is 4.74 Å². The van der Waals surface area contributed by atoms with Crippen LogP contribution in [0.15, 0.2) is 30.3 Å². The average Bonchev–Trinajstić information content (AvgIpc) is 2.38. The van der Waals surface area contributed by atoms with Crippen LogP contribution < -0.4 is 4.90 Å². The second-order valence-corrected chi connectivity index (χ2v) is 3.81. The highest BCUT2D eigenvalue weighted by Gasteiger charge is 2.21. The quantitative estimate of drug-likeness (QED) is 0.753. The molecule has 0 saturated heterocycles. The average molecular weight is 236 g/mol. The zero-order valence-electron chi connectivity index (χ0n) is 10.9. The van der Waals surface area contributed by atoms with Gasteiger partial charge in [0.1, 0.15) is 6.23 Å². The van der Waals surface area contributed by atoms with Gasteiger partial charge in [0.25, 0.3) is 0 Å². The number of carbonyl (C=O) groups excluding carboxylic acids is 1. The molecule has 0 aromatic heterocycles. The van der Waals surface area contributed by atoms with Crippen LogP contribution in [-0.2, 0) is 4.74 Å². The van der Waals surface area contributed by atoms with Crippen molar-refractivity contribution >= 4 is 11.7 Å². The van der Waals surface area contributed by atoms with Gasteiger partial charge in [-0.3, -0.25) is 4.90 Å². The van der Waals surface area contributed by atoms with Gasteiger partial charge < -0.3 is 9.64 Å². The van der Waals surface area contributed by atoms with E-state index in [0.717, 1.165) is 5.69 Å². The van der Waals surface area contributed by atoms with Gasteiger partial charge in [0.15, 0.2) is 0 Å². The summed E-state index contributed by atoms with van der Waals surface area (Å²) in [7, 11) is 3.33. The molecule has 1 aromatic rings. The highest BCUT2D eigenvalue weighted by Crippen LogP contribution is 2.15. The number of methoxy groups -OCH3 is 1. The molecule has 0 radical (unpaired) electrons. The maximum atomic E-state index is 12.2. The van der Waals surface area contributed by atoms with Crippen molar-refractivity contribution in [3.63, 3.8) is 0 Å². The number of carbonyl (C=O) groups is 1. The summed E-state index contributed by atoms with van der Waals surface area (Å²) in [5, 5.41) is 0. The van der Waals surface area contributed by atoms with Gasteiger partial charge in [-0.1, -0.05) is 18.2 Å². The lowest BCUT2D eigenvalue weighted by molar-refractivity contribution is 0.0206. The number of benzene rings is 1. The first kappa shape index (κ1) is 13.5. The van der Waals surface area contributed by atoms with Crippen LogP contribution in [0.1, 0.15) is 13.8 Å². The highest BCUT2D eigenvalue weighted by molar-refractivity contribution is 5.91. The molecule has 94 valence electrons. The van der Waals surface area contributed by atoms with E-state index in [0.29, 0.717) is 6.54 Å². The van der Waals surface area contributed by atoms with Gasteiger partial charge in [-0.15, -0.1) is 0 Å². The van der Waals surface area contributed by atoms with Crippen LogP contribution >= 0.6 is 0 Å². The third-order valence-corrected chi connectivity index (χ3v) is 2.80. The molecule has 0 heterocycles. The van der Waals surface area contributed by atoms with Crippen molar-refractivity contribution in [3.05, 3.63) is 30.3 Å². The Balaban J connectivity index is 2.85. The van der Waals surface area contributed by atoms with Gasteiger partial charge in [0, 0.05) is 26.4 Å². The van der Waals surface area contributed by atoms with Gasteiger partial charge in [0.05, 0.1) is 0 Å². The lowest BCUT2D eigenvalue weighted by Gasteiger charge is -2.30. The van der Waals surface area contributed by atoms with Crippen LogP contribution in [0.25, 0.3) is 0 Å². The van der Waals surface area contributed by atoms with E-state index in [-0.39, 0.29) is 12.3 Å². The van der Waals surface area contributed by atoms with Crippen LogP contribution in [0.5, 0.6) is 0 Å². The van der Waals surface area contributed by atoms with Crippen LogP contribution in [0, 0.1) is 0 Å². The number of nitrogens with zero attached hydrogens (tertiary/aromatic N) is 2. The number of ether oxygens (including phenoxy) is 1. The van der Waals surface area contributed by atoms with E-state index in [9.17, 15) is 4.79 Å². The minimum atomic E-state index is -0.236. The Hall–Kier alpha value is -1.55. The number of anilines is 1. The second kappa shape index (κ2) is 6.25. The van der Waals surface area contributed by atoms with Crippen molar-refractivity contribution in [1.82, 2.24) is 4.90 Å². The molecule has 0 N–H and O–H groups in total. The molecule has 4 heteroatoms. The molecule has 0 fully saturated rings. The molecule has 17 heavy (non-hydrogen) atoms. The van der Waals surface area contributed by atoms with Crippen molar-refractivity contribution in [1.29, 1.82) is 0 Å². The fraction of sp³-hybridized carbons (Fsp3) is 0.462. The Morgan fingerprint density at radius 1 is 1.35 bits per heavy atom. The van der Waals surface area contributed by atoms with Crippen LogP contribution in [0.4, 0.5) is 10.5 Å². The Kier molecular flexibility index (Phi) is 4.97. The summed E-state index contributed by atoms with van der Waals surface area (Å²) in [5.41, 5.74) is 0.898. The normalized spacial score (nSPS) is 12.0. The van der Waals surface area contributed by atoms with Crippen molar-refractivity contribution in [2.45, 2.75) is 20.1 Å². The monoisotopic (exact) mass is 236 g/mol. The standard InChI is InChI=1S/C13H20N2O2/c1-5-15(12-9-7-6-8-10-12)13(16)14(3)11(2)17-4/h6-11H,5H2,1-4H3. The van der Waals surface area contributed by atoms with Gasteiger partial charge in [-0.05, 0) is 26.0 Å². The molecule has 1 rings (SSSR count). The van der Waals surface area contributed by atoms with Crippen molar-refractivity contribution in [3.8, 4) is 0 Å². The lowest BCUT2D eigenvalue weighted by Crippen LogP contribution is -2.45. The molecular formula is C13H20N2O2. The highest BCUT2D eigenvalue weighted by atomic mass is 16.5. The summed E-state index contributed by atoms with van der Waals surface area (Å²) in [6.07, 6.45) is -0.236. The van der Waals surface area contributed by atoms with Crippen LogP contribution in [0.2, 0.25) is 0 Å². The molecule has 0 spiro atoms. The maximum absolute atomic E-state index is 12.2. The van der Waals surface area contributed by atoms with E-state index in [1.54, 1.807) is 24.0 Å². The molecule has 4 nitrogen and oxygen atoms in total. The molecular weight excluding hydrogens is 216 g/mol. The molecule has 2 amide bonds. The van der Waals surface area contributed by atoms with Gasteiger partial charge >= 0.3 is 6.03 Å². The van der Waals surface area contributed by atoms with Gasteiger partial charge in [-0.25, -0.2) is 4.79 Å². The Bertz CT molecular complexity index is 354. The fourth-order valence-corrected chi connectivity index (χ4v) is 1.54. The summed E-state index contributed by atoms with van der Waals surface area (Å²) in [6, 6.07) is 9.56. The molecule has 0 bridgehead atoms. The summed E-state index contributed by atoms with van der Waals surface area (Å²) in [6.45, 7) is 4.43. The first-order valence-electron chi connectivity index (χ1n) is 5.74. The summed E-state index contributed by atoms with van der Waals surface area (Å²) < 4.78 is 5.14. The number of para-hydroxylation sites is 1. The first-order valence-corrected chi connectivity index (χ1v) is 5.74. The van der Waals surface area contributed by atoms with E-state index >= 15 is 0 Å². The van der Waals surface area contributed by atoms with Crippen LogP contribution in [0.3, 0.4) is 0 Å². The largest absolute Gasteiger partial charge is 0.362 e. The first-order chi connectivity index (χ1) is 8.11. The zero-order valence-corrected chi connectivity index (χ0v) is 10.9. The van der Waals surface area contributed by atoms with Gasteiger partial charge in [0.2, 0.25) is 0 Å². The Labute approximate surface area is 103 Å². The fourth-order valence-electron chi connectivity index (χ4n) is 1.54. The molecule has 0 aliphatic heterocycles. The third-order valence-electron chi connectivity index (χ3n) is 2.80. The van der Waals surface area contributed by atoms with Crippen molar-refractivity contribution in [2.24, 2.45) is 0 Å². The lowest BCUT2D eigenvalue weighted by atomic mass is 10.3. The zero-order chi connectivity index (χ0) is 12.8. The SMILES string of the molecule is CCN(C(=O)N(C)C(C)OC)c1ccccc1. The molecule has 0 saturated carbocycles. The van der Waals surface area contributed by atoms with Gasteiger partial charge in [-0.2, -0.15) is 0 Å². The molecule has 1 unspecified atom stereocenters. The number of hydrogen-bond acceptors (Lipinski definition) is 2. The van der Waals surface area contributed by atoms with E-state index in [1.165, 1.54) is 0 Å². The maximum Gasteiger partial charge on any atom is 0.326 e. The molecule has 1 aromatic carbocycles. The van der Waals surface area contributed by atoms with Crippen molar-refractivity contribution in [2.75, 3.05) is 25.6 Å². The number of rotatable bonds is 4. The number of urea groups is 1. The molecule has 0 aliphatic carbocycles. The van der Waals surface area contributed by atoms with E-state index < -0.39 is 0 Å². The predicted octanol–water partition coefficient (Wildman–Crippen LogP) is 2.56. The molecule has 1 atom stereocenters. The minimum Gasteiger partial charge on any atom is -0.362 e. The topological polar surface area (TPSA) is 32.8 Å². The molecule has 0 aliphatic rings. The number of hydrogen-bond donors (Lipinski definition) is 0. The third kappa shape index (κ3) is 3.20. The van der Waals surface area contributed by atoms with E-state index in [1.807, 2.05) is 44.2 Å². The Morgan fingerprint density at radius 2 is 1.94 bits per heavy atom. The minimum absolute atomic E-state index is 0.0620. The summed E-state index contributed by atoms with van der Waals surface area (Å²) >= 11 is 0. The summed E-state index contributed by atoms with van der Waals surface area (Å²) in [4.78, 5) is 15.5. The smallest absolute Gasteiger partial charge is 0.326 e.